The van der Waals surface area contributed by atoms with E-state index in [0.29, 0.717) is 28.7 Å². The number of benzene rings is 2. The van der Waals surface area contributed by atoms with Gasteiger partial charge in [-0.05, 0) is 48.9 Å². The first-order valence-corrected chi connectivity index (χ1v) is 8.16. The van der Waals surface area contributed by atoms with E-state index in [1.54, 1.807) is 48.5 Å². The van der Waals surface area contributed by atoms with Gasteiger partial charge in [0.05, 0.1) is 6.61 Å². The first kappa shape index (κ1) is 18.6. The number of amides is 2. The molecule has 0 saturated heterocycles. The third-order valence-corrected chi connectivity index (χ3v) is 3.32. The number of ether oxygens (including phenoxy) is 2. The Morgan fingerprint density at radius 1 is 1.00 bits per heavy atom. The number of hydrogen-bond acceptors (Lipinski definition) is 4. The topological polar surface area (TPSA) is 76.7 Å². The van der Waals surface area contributed by atoms with E-state index in [9.17, 15) is 9.59 Å². The molecule has 2 amide bonds. The molecular formula is C18H19ClN2O4. The quantitative estimate of drug-likeness (QED) is 0.742. The number of halogens is 1. The maximum absolute atomic E-state index is 12.0. The molecule has 0 aliphatic rings. The number of nitrogens with one attached hydrogen (secondary N) is 2. The Morgan fingerprint density at radius 2 is 1.76 bits per heavy atom. The summed E-state index contributed by atoms with van der Waals surface area (Å²) in [6.45, 7) is 2.34. The molecule has 0 heterocycles. The molecular weight excluding hydrogens is 344 g/mol. The Hall–Kier alpha value is -2.73. The van der Waals surface area contributed by atoms with Crippen molar-refractivity contribution in [3.05, 3.63) is 59.1 Å². The monoisotopic (exact) mass is 362 g/mol. The average Bonchev–Trinajstić information content (AvgIpc) is 2.64. The van der Waals surface area contributed by atoms with Gasteiger partial charge >= 0.3 is 0 Å². The second-order valence-electron chi connectivity index (χ2n) is 5.12. The van der Waals surface area contributed by atoms with Crippen molar-refractivity contribution in [1.82, 2.24) is 10.9 Å². The summed E-state index contributed by atoms with van der Waals surface area (Å²) in [5.41, 5.74) is 5.01. The smallest absolute Gasteiger partial charge is 0.276 e. The molecule has 7 heteroatoms. The van der Waals surface area contributed by atoms with Gasteiger partial charge in [-0.1, -0.05) is 24.6 Å². The van der Waals surface area contributed by atoms with Gasteiger partial charge in [0, 0.05) is 10.6 Å². The molecule has 0 radical (unpaired) electrons. The molecule has 0 fully saturated rings. The predicted octanol–water partition coefficient (Wildman–Crippen LogP) is 2.97. The molecule has 0 unspecified atom stereocenters. The Labute approximate surface area is 151 Å². The fraction of sp³-hybridized carbons (Fsp3) is 0.222. The Bertz CT molecular complexity index is 719. The van der Waals surface area contributed by atoms with E-state index in [2.05, 4.69) is 10.9 Å². The molecule has 2 N–H and O–H groups in total. The second kappa shape index (κ2) is 9.54. The summed E-state index contributed by atoms with van der Waals surface area (Å²) in [6.07, 6.45) is 0.875. The molecule has 2 rings (SSSR count). The largest absolute Gasteiger partial charge is 0.494 e. The molecule has 0 aliphatic heterocycles. The summed E-state index contributed by atoms with van der Waals surface area (Å²) in [5, 5.41) is 0.578. The third kappa shape index (κ3) is 6.35. The van der Waals surface area contributed by atoms with Crippen LogP contribution in [-0.2, 0) is 4.79 Å². The van der Waals surface area contributed by atoms with Gasteiger partial charge < -0.3 is 9.47 Å². The summed E-state index contributed by atoms with van der Waals surface area (Å²) < 4.78 is 10.8. The molecule has 0 bridgehead atoms. The molecule has 132 valence electrons. The third-order valence-electron chi connectivity index (χ3n) is 3.07. The lowest BCUT2D eigenvalue weighted by Crippen LogP contribution is -2.43. The zero-order valence-corrected chi connectivity index (χ0v) is 14.5. The SMILES string of the molecule is CCCOc1cccc(C(=O)NNC(=O)COc2ccc(Cl)cc2)c1. The number of hydrazine groups is 1. The van der Waals surface area contributed by atoms with Gasteiger partial charge in [0.15, 0.2) is 6.61 Å². The van der Waals surface area contributed by atoms with E-state index in [-0.39, 0.29) is 6.61 Å². The van der Waals surface area contributed by atoms with Crippen molar-refractivity contribution in [1.29, 1.82) is 0 Å². The first-order chi connectivity index (χ1) is 12.1. The fourth-order valence-corrected chi connectivity index (χ4v) is 1.99. The summed E-state index contributed by atoms with van der Waals surface area (Å²) in [4.78, 5) is 23.8. The number of carbonyl (C=O) groups is 2. The minimum absolute atomic E-state index is 0.235. The second-order valence-corrected chi connectivity index (χ2v) is 5.56. The molecule has 2 aromatic rings. The van der Waals surface area contributed by atoms with Crippen molar-refractivity contribution in [2.45, 2.75) is 13.3 Å². The van der Waals surface area contributed by atoms with Crippen LogP contribution in [0.1, 0.15) is 23.7 Å². The highest BCUT2D eigenvalue weighted by molar-refractivity contribution is 6.30. The number of rotatable bonds is 7. The first-order valence-electron chi connectivity index (χ1n) is 7.79. The molecule has 2 aromatic carbocycles. The van der Waals surface area contributed by atoms with Gasteiger partial charge in [-0.25, -0.2) is 0 Å². The highest BCUT2D eigenvalue weighted by Gasteiger charge is 2.09. The molecule has 0 spiro atoms. The van der Waals surface area contributed by atoms with E-state index in [1.165, 1.54) is 0 Å². The van der Waals surface area contributed by atoms with Crippen LogP contribution in [-0.4, -0.2) is 25.0 Å². The molecule has 6 nitrogen and oxygen atoms in total. The van der Waals surface area contributed by atoms with E-state index in [0.717, 1.165) is 6.42 Å². The van der Waals surface area contributed by atoms with E-state index in [1.807, 2.05) is 6.92 Å². The van der Waals surface area contributed by atoms with Gasteiger partial charge in [-0.3, -0.25) is 20.4 Å². The lowest BCUT2D eigenvalue weighted by molar-refractivity contribution is -0.123. The fourth-order valence-electron chi connectivity index (χ4n) is 1.86. The van der Waals surface area contributed by atoms with Gasteiger partial charge in [0.25, 0.3) is 11.8 Å². The van der Waals surface area contributed by atoms with Crippen LogP contribution in [0.2, 0.25) is 5.02 Å². The maximum atomic E-state index is 12.0. The summed E-state index contributed by atoms with van der Waals surface area (Å²) >= 11 is 5.77. The molecule has 0 aliphatic carbocycles. The minimum Gasteiger partial charge on any atom is -0.494 e. The molecule has 0 saturated carbocycles. The van der Waals surface area contributed by atoms with Crippen molar-refractivity contribution in [2.75, 3.05) is 13.2 Å². The van der Waals surface area contributed by atoms with Gasteiger partial charge in [0.1, 0.15) is 11.5 Å². The van der Waals surface area contributed by atoms with Crippen LogP contribution in [0.25, 0.3) is 0 Å². The van der Waals surface area contributed by atoms with Crippen LogP contribution in [0.3, 0.4) is 0 Å². The van der Waals surface area contributed by atoms with Crippen molar-refractivity contribution in [2.24, 2.45) is 0 Å². The van der Waals surface area contributed by atoms with E-state index < -0.39 is 11.8 Å². The van der Waals surface area contributed by atoms with Crippen LogP contribution >= 0.6 is 11.6 Å². The normalized spacial score (nSPS) is 10.0. The van der Waals surface area contributed by atoms with Crippen LogP contribution in [0.15, 0.2) is 48.5 Å². The van der Waals surface area contributed by atoms with Crippen LogP contribution in [0.5, 0.6) is 11.5 Å². The zero-order valence-electron chi connectivity index (χ0n) is 13.8. The van der Waals surface area contributed by atoms with Gasteiger partial charge in [0.2, 0.25) is 0 Å². The molecule has 0 atom stereocenters. The van der Waals surface area contributed by atoms with Gasteiger partial charge in [-0.2, -0.15) is 0 Å². The molecule has 25 heavy (non-hydrogen) atoms. The van der Waals surface area contributed by atoms with Crippen molar-refractivity contribution in [3.8, 4) is 11.5 Å². The number of carbonyl (C=O) groups excluding carboxylic acids is 2. The van der Waals surface area contributed by atoms with Crippen LogP contribution < -0.4 is 20.3 Å². The summed E-state index contributed by atoms with van der Waals surface area (Å²) in [6, 6.07) is 13.3. The minimum atomic E-state index is -0.485. The van der Waals surface area contributed by atoms with Gasteiger partial charge in [-0.15, -0.1) is 0 Å². The predicted molar refractivity (Wildman–Crippen MR) is 94.8 cm³/mol. The average molecular weight is 363 g/mol. The van der Waals surface area contributed by atoms with Crippen LogP contribution in [0, 0.1) is 0 Å². The lowest BCUT2D eigenvalue weighted by Gasteiger charge is -2.10. The lowest BCUT2D eigenvalue weighted by atomic mass is 10.2. The molecule has 0 aromatic heterocycles. The summed E-state index contributed by atoms with van der Waals surface area (Å²) in [5.74, 6) is 0.182. The number of hydrogen-bond donors (Lipinski definition) is 2. The van der Waals surface area contributed by atoms with Crippen LogP contribution in [0.4, 0.5) is 0 Å². The highest BCUT2D eigenvalue weighted by atomic mass is 35.5. The van der Waals surface area contributed by atoms with E-state index in [4.69, 9.17) is 21.1 Å². The summed E-state index contributed by atoms with van der Waals surface area (Å²) in [7, 11) is 0. The highest BCUT2D eigenvalue weighted by Crippen LogP contribution is 2.15. The van der Waals surface area contributed by atoms with Crippen molar-refractivity contribution in [3.63, 3.8) is 0 Å². The zero-order chi connectivity index (χ0) is 18.1. The van der Waals surface area contributed by atoms with E-state index >= 15 is 0 Å². The standard InChI is InChI=1S/C18H19ClN2O4/c1-2-10-24-16-5-3-4-13(11-16)18(23)21-20-17(22)12-25-15-8-6-14(19)7-9-15/h3-9,11H,2,10,12H2,1H3,(H,20,22)(H,21,23). The Kier molecular flexibility index (Phi) is 7.10. The van der Waals surface area contributed by atoms with Crippen molar-refractivity contribution < 1.29 is 19.1 Å². The Balaban J connectivity index is 1.78. The van der Waals surface area contributed by atoms with Crippen molar-refractivity contribution >= 4 is 23.4 Å². The Morgan fingerprint density at radius 3 is 2.48 bits per heavy atom. The maximum Gasteiger partial charge on any atom is 0.276 e.